The quantitative estimate of drug-likeness (QED) is 0.807. The summed E-state index contributed by atoms with van der Waals surface area (Å²) in [6.07, 6.45) is 1.03. The Kier molecular flexibility index (Phi) is 6.40. The van der Waals surface area contributed by atoms with Crippen LogP contribution in [-0.2, 0) is 6.54 Å². The molecule has 0 radical (unpaired) electrons. The molecule has 0 saturated heterocycles. The number of benzene rings is 1. The van der Waals surface area contributed by atoms with Crippen LogP contribution >= 0.6 is 11.6 Å². The predicted octanol–water partition coefficient (Wildman–Crippen LogP) is 3.09. The molecule has 6 heteroatoms. The topological polar surface area (TPSA) is 67.2 Å². The lowest BCUT2D eigenvalue weighted by Gasteiger charge is -2.11. The van der Waals surface area contributed by atoms with Crippen LogP contribution in [0.3, 0.4) is 0 Å². The van der Waals surface area contributed by atoms with E-state index in [0.29, 0.717) is 29.2 Å². The summed E-state index contributed by atoms with van der Waals surface area (Å²) in [6.45, 7) is 6.44. The Morgan fingerprint density at radius 1 is 1.38 bits per heavy atom. The van der Waals surface area contributed by atoms with Gasteiger partial charge in [0.25, 0.3) is 5.91 Å². The van der Waals surface area contributed by atoms with Gasteiger partial charge in [0.1, 0.15) is 0 Å². The number of carbonyl (C=O) groups is 1. The maximum Gasteiger partial charge on any atom is 0.255 e. The lowest BCUT2D eigenvalue weighted by atomic mass is 10.1. The summed E-state index contributed by atoms with van der Waals surface area (Å²) >= 11 is 6.20. The van der Waals surface area contributed by atoms with Gasteiger partial charge >= 0.3 is 0 Å². The number of amides is 1. The zero-order chi connectivity index (χ0) is 17.7. The van der Waals surface area contributed by atoms with Crippen molar-refractivity contribution in [2.45, 2.75) is 46.3 Å². The molecule has 1 aromatic heterocycles. The molecule has 0 aliphatic rings. The van der Waals surface area contributed by atoms with Crippen LogP contribution in [0.1, 0.15) is 47.1 Å². The molecule has 2 N–H and O–H groups in total. The van der Waals surface area contributed by atoms with Gasteiger partial charge in [0.2, 0.25) is 0 Å². The summed E-state index contributed by atoms with van der Waals surface area (Å²) in [6, 6.07) is 7.59. The van der Waals surface area contributed by atoms with E-state index >= 15 is 0 Å². The van der Waals surface area contributed by atoms with Crippen molar-refractivity contribution < 1.29 is 9.90 Å². The third-order valence-electron chi connectivity index (χ3n) is 4.01. The normalized spacial score (nSPS) is 12.2. The molecule has 5 nitrogen and oxygen atoms in total. The highest BCUT2D eigenvalue weighted by Crippen LogP contribution is 2.19. The van der Waals surface area contributed by atoms with Gasteiger partial charge in [-0.15, -0.1) is 0 Å². The number of aryl methyl sites for hydroxylation is 1. The van der Waals surface area contributed by atoms with Gasteiger partial charge in [0.05, 0.1) is 23.9 Å². The van der Waals surface area contributed by atoms with Gasteiger partial charge in [-0.2, -0.15) is 5.10 Å². The van der Waals surface area contributed by atoms with Crippen LogP contribution in [0.25, 0.3) is 0 Å². The molecule has 0 saturated carbocycles. The number of nitrogens with one attached hydrogen (secondary N) is 1. The van der Waals surface area contributed by atoms with E-state index in [1.165, 1.54) is 0 Å². The minimum atomic E-state index is -0.516. The fourth-order valence-electron chi connectivity index (χ4n) is 2.70. The Morgan fingerprint density at radius 2 is 2.08 bits per heavy atom. The van der Waals surface area contributed by atoms with Gasteiger partial charge in [0, 0.05) is 17.3 Å². The first-order chi connectivity index (χ1) is 11.4. The predicted molar refractivity (Wildman–Crippen MR) is 95.5 cm³/mol. The van der Waals surface area contributed by atoms with E-state index in [0.717, 1.165) is 17.7 Å². The van der Waals surface area contributed by atoms with Crippen molar-refractivity contribution in [3.05, 3.63) is 51.8 Å². The summed E-state index contributed by atoms with van der Waals surface area (Å²) in [5, 5.41) is 17.7. The van der Waals surface area contributed by atoms with E-state index in [-0.39, 0.29) is 12.5 Å². The van der Waals surface area contributed by atoms with Crippen molar-refractivity contribution in [3.63, 3.8) is 0 Å². The Labute approximate surface area is 147 Å². The van der Waals surface area contributed by atoms with Gasteiger partial charge in [0.15, 0.2) is 0 Å². The maximum atomic E-state index is 12.4. The fraction of sp³-hybridized carbons (Fsp3) is 0.444. The van der Waals surface area contributed by atoms with Gasteiger partial charge in [-0.25, -0.2) is 0 Å². The average molecular weight is 350 g/mol. The molecule has 1 aromatic carbocycles. The van der Waals surface area contributed by atoms with Crippen LogP contribution in [0.15, 0.2) is 24.3 Å². The van der Waals surface area contributed by atoms with Crippen LogP contribution in [-0.4, -0.2) is 33.4 Å². The molecule has 130 valence electrons. The van der Waals surface area contributed by atoms with Crippen molar-refractivity contribution in [3.8, 4) is 0 Å². The smallest absolute Gasteiger partial charge is 0.255 e. The summed E-state index contributed by atoms with van der Waals surface area (Å²) < 4.78 is 1.79. The van der Waals surface area contributed by atoms with Crippen LogP contribution < -0.4 is 5.32 Å². The number of hydrogen-bond donors (Lipinski definition) is 2. The molecule has 1 atom stereocenters. The molecule has 1 amide bonds. The Hall–Kier alpha value is -1.85. The summed E-state index contributed by atoms with van der Waals surface area (Å²) in [4.78, 5) is 12.4. The monoisotopic (exact) mass is 349 g/mol. The number of nitrogens with zero attached hydrogens (tertiary/aromatic N) is 2. The van der Waals surface area contributed by atoms with Crippen LogP contribution in [0.5, 0.6) is 0 Å². The molecule has 1 heterocycles. The van der Waals surface area contributed by atoms with E-state index in [2.05, 4.69) is 10.4 Å². The lowest BCUT2D eigenvalue weighted by Crippen LogP contribution is -2.32. The first kappa shape index (κ1) is 18.5. The Balaban J connectivity index is 2.14. The van der Waals surface area contributed by atoms with E-state index in [4.69, 9.17) is 11.6 Å². The summed E-state index contributed by atoms with van der Waals surface area (Å²) in [5.41, 5.74) is 2.97. The molecule has 1 unspecified atom stereocenters. The van der Waals surface area contributed by atoms with Gasteiger partial charge in [-0.3, -0.25) is 9.48 Å². The Bertz CT molecular complexity index is 712. The average Bonchev–Trinajstić information content (AvgIpc) is 2.82. The third kappa shape index (κ3) is 4.36. The van der Waals surface area contributed by atoms with E-state index in [1.807, 2.05) is 45.0 Å². The highest BCUT2D eigenvalue weighted by atomic mass is 35.5. The van der Waals surface area contributed by atoms with E-state index in [1.54, 1.807) is 4.68 Å². The number of aromatic nitrogens is 2. The molecule has 0 aliphatic heterocycles. The number of aliphatic hydroxyl groups is 1. The zero-order valence-electron chi connectivity index (χ0n) is 14.3. The van der Waals surface area contributed by atoms with Gasteiger partial charge in [-0.1, -0.05) is 43.1 Å². The SMILES string of the molecule is CCCC(O)CNC(=O)c1c(C)nn(Cc2ccccc2Cl)c1C. The molecule has 0 spiro atoms. The van der Waals surface area contributed by atoms with E-state index < -0.39 is 6.10 Å². The standard InChI is InChI=1S/C18H24ClN3O2/c1-4-7-15(23)10-20-18(24)17-12(2)21-22(13(17)3)11-14-8-5-6-9-16(14)19/h5-6,8-9,15,23H,4,7,10-11H2,1-3H3,(H,20,24). The molecule has 0 aliphatic carbocycles. The Morgan fingerprint density at radius 3 is 2.75 bits per heavy atom. The number of hydrogen-bond acceptors (Lipinski definition) is 3. The molecule has 2 aromatic rings. The number of halogens is 1. The summed E-state index contributed by atoms with van der Waals surface area (Å²) in [5.74, 6) is -0.203. The highest BCUT2D eigenvalue weighted by molar-refractivity contribution is 6.31. The third-order valence-corrected chi connectivity index (χ3v) is 4.38. The van der Waals surface area contributed by atoms with Crippen LogP contribution in [0.4, 0.5) is 0 Å². The first-order valence-corrected chi connectivity index (χ1v) is 8.55. The number of rotatable bonds is 7. The maximum absolute atomic E-state index is 12.4. The largest absolute Gasteiger partial charge is 0.391 e. The molecular weight excluding hydrogens is 326 g/mol. The zero-order valence-corrected chi connectivity index (χ0v) is 15.1. The minimum Gasteiger partial charge on any atom is -0.391 e. The van der Waals surface area contributed by atoms with Crippen LogP contribution in [0, 0.1) is 13.8 Å². The van der Waals surface area contributed by atoms with Crippen LogP contribution in [0.2, 0.25) is 5.02 Å². The van der Waals surface area contributed by atoms with Crippen molar-refractivity contribution >= 4 is 17.5 Å². The van der Waals surface area contributed by atoms with Crippen molar-refractivity contribution in [2.24, 2.45) is 0 Å². The highest BCUT2D eigenvalue weighted by Gasteiger charge is 2.19. The number of carbonyl (C=O) groups excluding carboxylic acids is 1. The molecular formula is C18H24ClN3O2. The van der Waals surface area contributed by atoms with Crippen molar-refractivity contribution in [2.75, 3.05) is 6.54 Å². The molecule has 2 rings (SSSR count). The second-order valence-electron chi connectivity index (χ2n) is 5.95. The molecule has 0 fully saturated rings. The molecule has 24 heavy (non-hydrogen) atoms. The van der Waals surface area contributed by atoms with Gasteiger partial charge in [-0.05, 0) is 31.9 Å². The minimum absolute atomic E-state index is 0.203. The fourth-order valence-corrected chi connectivity index (χ4v) is 2.90. The van der Waals surface area contributed by atoms with E-state index in [9.17, 15) is 9.90 Å². The molecule has 0 bridgehead atoms. The van der Waals surface area contributed by atoms with Crippen molar-refractivity contribution in [1.82, 2.24) is 15.1 Å². The first-order valence-electron chi connectivity index (χ1n) is 8.17. The van der Waals surface area contributed by atoms with Gasteiger partial charge < -0.3 is 10.4 Å². The second-order valence-corrected chi connectivity index (χ2v) is 6.35. The van der Waals surface area contributed by atoms with Crippen molar-refractivity contribution in [1.29, 1.82) is 0 Å². The number of aliphatic hydroxyl groups excluding tert-OH is 1. The lowest BCUT2D eigenvalue weighted by molar-refractivity contribution is 0.0909. The second kappa shape index (κ2) is 8.31. The summed E-state index contributed by atoms with van der Waals surface area (Å²) in [7, 11) is 0.